The maximum atomic E-state index is 12.2. The zero-order valence-corrected chi connectivity index (χ0v) is 12.7. The Morgan fingerprint density at radius 2 is 1.77 bits per heavy atom. The zero-order valence-electron chi connectivity index (χ0n) is 12.7. The van der Waals surface area contributed by atoms with Crippen LogP contribution in [0.4, 0.5) is 0 Å². The second-order valence-electron chi connectivity index (χ2n) is 5.59. The minimum absolute atomic E-state index is 0.00651. The number of fused-ring (bicyclic) bond motifs is 1. The van der Waals surface area contributed by atoms with Crippen molar-refractivity contribution < 1.29 is 14.3 Å². The van der Waals surface area contributed by atoms with Crippen molar-refractivity contribution in [3.63, 3.8) is 0 Å². The first kappa shape index (κ1) is 14.4. The molecule has 22 heavy (non-hydrogen) atoms. The summed E-state index contributed by atoms with van der Waals surface area (Å²) in [6.07, 6.45) is 3.38. The fourth-order valence-corrected chi connectivity index (χ4v) is 2.32. The molecule has 0 aromatic heterocycles. The van der Waals surface area contributed by atoms with E-state index in [0.717, 1.165) is 17.1 Å². The molecule has 3 nitrogen and oxygen atoms in total. The fourth-order valence-electron chi connectivity index (χ4n) is 2.32. The topological polar surface area (TPSA) is 35.5 Å². The second kappa shape index (κ2) is 6.06. The molecule has 3 rings (SSSR count). The monoisotopic (exact) mass is 294 g/mol. The minimum Gasteiger partial charge on any atom is -0.454 e. The third-order valence-corrected chi connectivity index (χ3v) is 3.69. The van der Waals surface area contributed by atoms with Crippen molar-refractivity contribution >= 4 is 11.9 Å². The summed E-state index contributed by atoms with van der Waals surface area (Å²) in [5.41, 5.74) is 2.84. The summed E-state index contributed by atoms with van der Waals surface area (Å²) in [5.74, 6) is 1.92. The molecule has 112 valence electrons. The van der Waals surface area contributed by atoms with Gasteiger partial charge in [0.25, 0.3) is 0 Å². The standard InChI is InChI=1S/C19H18O3/c1-13(2)15-5-7-16(8-6-15)17(20)9-3-14-4-10-18-19(11-14)22-12-21-18/h3-11,13H,12H2,1-2H3. The minimum atomic E-state index is -0.00651. The molecule has 2 aromatic rings. The van der Waals surface area contributed by atoms with E-state index in [1.54, 1.807) is 12.2 Å². The van der Waals surface area contributed by atoms with E-state index in [0.29, 0.717) is 11.5 Å². The van der Waals surface area contributed by atoms with Gasteiger partial charge in [0.1, 0.15) is 0 Å². The van der Waals surface area contributed by atoms with Gasteiger partial charge in [-0.15, -0.1) is 0 Å². The van der Waals surface area contributed by atoms with Crippen LogP contribution in [0.2, 0.25) is 0 Å². The number of allylic oxidation sites excluding steroid dienone is 1. The van der Waals surface area contributed by atoms with Crippen LogP contribution in [-0.4, -0.2) is 12.6 Å². The Morgan fingerprint density at radius 3 is 2.50 bits per heavy atom. The molecular formula is C19H18O3. The molecular weight excluding hydrogens is 276 g/mol. The maximum absolute atomic E-state index is 12.2. The highest BCUT2D eigenvalue weighted by molar-refractivity contribution is 6.06. The predicted octanol–water partition coefficient (Wildman–Crippen LogP) is 4.43. The van der Waals surface area contributed by atoms with Gasteiger partial charge in [-0.05, 0) is 35.3 Å². The van der Waals surface area contributed by atoms with E-state index in [1.807, 2.05) is 42.5 Å². The Kier molecular flexibility index (Phi) is 3.96. The first-order valence-electron chi connectivity index (χ1n) is 7.35. The number of rotatable bonds is 4. The molecule has 1 heterocycles. The molecule has 0 N–H and O–H groups in total. The van der Waals surface area contributed by atoms with E-state index in [2.05, 4.69) is 13.8 Å². The largest absolute Gasteiger partial charge is 0.454 e. The van der Waals surface area contributed by atoms with Crippen molar-refractivity contribution in [3.8, 4) is 11.5 Å². The summed E-state index contributed by atoms with van der Waals surface area (Å²) in [6.45, 7) is 4.52. The fraction of sp³-hybridized carbons (Fsp3) is 0.211. The molecule has 0 spiro atoms. The Labute approximate surface area is 130 Å². The van der Waals surface area contributed by atoms with Gasteiger partial charge in [-0.2, -0.15) is 0 Å². The van der Waals surface area contributed by atoms with E-state index in [4.69, 9.17) is 9.47 Å². The predicted molar refractivity (Wildman–Crippen MR) is 86.5 cm³/mol. The van der Waals surface area contributed by atoms with Crippen molar-refractivity contribution in [1.82, 2.24) is 0 Å². The van der Waals surface area contributed by atoms with Crippen LogP contribution in [0.5, 0.6) is 11.5 Å². The first-order valence-corrected chi connectivity index (χ1v) is 7.35. The van der Waals surface area contributed by atoms with Crippen LogP contribution in [-0.2, 0) is 0 Å². The van der Waals surface area contributed by atoms with Crippen LogP contribution in [0.15, 0.2) is 48.5 Å². The van der Waals surface area contributed by atoms with Crippen molar-refractivity contribution in [3.05, 3.63) is 65.2 Å². The van der Waals surface area contributed by atoms with Crippen molar-refractivity contribution in [2.75, 3.05) is 6.79 Å². The summed E-state index contributed by atoms with van der Waals surface area (Å²) in [4.78, 5) is 12.2. The van der Waals surface area contributed by atoms with Gasteiger partial charge < -0.3 is 9.47 Å². The molecule has 1 aliphatic heterocycles. The molecule has 3 heteroatoms. The van der Waals surface area contributed by atoms with Crippen molar-refractivity contribution in [1.29, 1.82) is 0 Å². The Hall–Kier alpha value is -2.55. The summed E-state index contributed by atoms with van der Waals surface area (Å²) in [7, 11) is 0. The normalized spacial score (nSPS) is 13.0. The van der Waals surface area contributed by atoms with Crippen molar-refractivity contribution in [2.24, 2.45) is 0 Å². The molecule has 0 atom stereocenters. The number of hydrogen-bond donors (Lipinski definition) is 0. The number of carbonyl (C=O) groups is 1. The lowest BCUT2D eigenvalue weighted by Crippen LogP contribution is -1.95. The van der Waals surface area contributed by atoms with E-state index in [9.17, 15) is 4.79 Å². The van der Waals surface area contributed by atoms with Gasteiger partial charge in [0.15, 0.2) is 17.3 Å². The Balaban J connectivity index is 1.73. The number of benzene rings is 2. The highest BCUT2D eigenvalue weighted by Gasteiger charge is 2.12. The highest BCUT2D eigenvalue weighted by Crippen LogP contribution is 2.32. The third kappa shape index (κ3) is 3.03. The quantitative estimate of drug-likeness (QED) is 0.618. The van der Waals surface area contributed by atoms with Gasteiger partial charge in [0, 0.05) is 5.56 Å². The van der Waals surface area contributed by atoms with Gasteiger partial charge in [-0.1, -0.05) is 50.3 Å². The van der Waals surface area contributed by atoms with E-state index >= 15 is 0 Å². The van der Waals surface area contributed by atoms with Crippen LogP contribution in [0, 0.1) is 0 Å². The second-order valence-corrected chi connectivity index (χ2v) is 5.59. The summed E-state index contributed by atoms with van der Waals surface area (Å²) >= 11 is 0. The molecule has 0 saturated carbocycles. The maximum Gasteiger partial charge on any atom is 0.231 e. The lowest BCUT2D eigenvalue weighted by molar-refractivity contribution is 0.104. The van der Waals surface area contributed by atoms with Crippen LogP contribution in [0.3, 0.4) is 0 Å². The van der Waals surface area contributed by atoms with Gasteiger partial charge in [0.2, 0.25) is 6.79 Å². The number of ether oxygens (including phenoxy) is 2. The number of carbonyl (C=O) groups excluding carboxylic acids is 1. The molecule has 0 fully saturated rings. The molecule has 0 aliphatic carbocycles. The van der Waals surface area contributed by atoms with Gasteiger partial charge in [-0.25, -0.2) is 0 Å². The summed E-state index contributed by atoms with van der Waals surface area (Å²) in [5, 5.41) is 0. The molecule has 1 aliphatic rings. The first-order chi connectivity index (χ1) is 10.6. The Bertz CT molecular complexity index is 712. The molecule has 0 unspecified atom stereocenters. The van der Waals surface area contributed by atoms with Crippen LogP contribution in [0.25, 0.3) is 6.08 Å². The number of hydrogen-bond acceptors (Lipinski definition) is 3. The van der Waals surface area contributed by atoms with E-state index in [1.165, 1.54) is 5.56 Å². The summed E-state index contributed by atoms with van der Waals surface area (Å²) in [6, 6.07) is 13.4. The smallest absolute Gasteiger partial charge is 0.231 e. The third-order valence-electron chi connectivity index (χ3n) is 3.69. The molecule has 0 saturated heterocycles. The van der Waals surface area contributed by atoms with Crippen LogP contribution in [0.1, 0.15) is 41.3 Å². The van der Waals surface area contributed by atoms with Crippen LogP contribution < -0.4 is 9.47 Å². The van der Waals surface area contributed by atoms with Gasteiger partial charge in [0.05, 0.1) is 0 Å². The summed E-state index contributed by atoms with van der Waals surface area (Å²) < 4.78 is 10.6. The average Bonchev–Trinajstić information content (AvgIpc) is 3.00. The SMILES string of the molecule is CC(C)c1ccc(C(=O)C=Cc2ccc3c(c2)OCO3)cc1. The lowest BCUT2D eigenvalue weighted by Gasteiger charge is -2.05. The molecule has 0 amide bonds. The highest BCUT2D eigenvalue weighted by atomic mass is 16.7. The molecule has 0 radical (unpaired) electrons. The van der Waals surface area contributed by atoms with Crippen LogP contribution >= 0.6 is 0 Å². The zero-order chi connectivity index (χ0) is 15.5. The molecule has 2 aromatic carbocycles. The van der Waals surface area contributed by atoms with Gasteiger partial charge in [-0.3, -0.25) is 4.79 Å². The molecule has 0 bridgehead atoms. The van der Waals surface area contributed by atoms with E-state index in [-0.39, 0.29) is 12.6 Å². The Morgan fingerprint density at radius 1 is 1.05 bits per heavy atom. The average molecular weight is 294 g/mol. The van der Waals surface area contributed by atoms with Crippen molar-refractivity contribution in [2.45, 2.75) is 19.8 Å². The van der Waals surface area contributed by atoms with E-state index < -0.39 is 0 Å². The number of ketones is 1. The van der Waals surface area contributed by atoms with Gasteiger partial charge >= 0.3 is 0 Å². The lowest BCUT2D eigenvalue weighted by atomic mass is 10.0.